The Balaban J connectivity index is 1.56. The fraction of sp³-hybridized carbons (Fsp3) is 0.636. The molecular formula is C22H33N3O2. The Morgan fingerprint density at radius 2 is 1.70 bits per heavy atom. The van der Waals surface area contributed by atoms with Gasteiger partial charge in [0, 0.05) is 20.1 Å². The van der Waals surface area contributed by atoms with Crippen molar-refractivity contribution in [1.29, 1.82) is 0 Å². The number of carbonyl (C=O) groups is 2. The highest BCUT2D eigenvalue weighted by Gasteiger charge is 2.44. The Labute approximate surface area is 162 Å². The average molecular weight is 372 g/mol. The van der Waals surface area contributed by atoms with Crippen molar-refractivity contribution in [2.24, 2.45) is 5.92 Å². The summed E-state index contributed by atoms with van der Waals surface area (Å²) in [5, 5.41) is 5.94. The smallest absolute Gasteiger partial charge is 0.315 e. The SMILES string of the molecule is CN(CC1CCCCC1)C(=O)C1(NC(=O)NCc2ccccc2)CCCC1. The van der Waals surface area contributed by atoms with Gasteiger partial charge in [0.1, 0.15) is 5.54 Å². The lowest BCUT2D eigenvalue weighted by molar-refractivity contribution is -0.137. The number of nitrogens with one attached hydrogen (secondary N) is 2. The van der Waals surface area contributed by atoms with E-state index in [4.69, 9.17) is 0 Å². The maximum Gasteiger partial charge on any atom is 0.315 e. The number of amides is 3. The van der Waals surface area contributed by atoms with Crippen molar-refractivity contribution < 1.29 is 9.59 Å². The summed E-state index contributed by atoms with van der Waals surface area (Å²) < 4.78 is 0. The fourth-order valence-electron chi connectivity index (χ4n) is 4.62. The molecule has 0 unspecified atom stereocenters. The molecule has 0 aromatic heterocycles. The number of nitrogens with zero attached hydrogens (tertiary/aromatic N) is 1. The molecule has 3 rings (SSSR count). The van der Waals surface area contributed by atoms with Gasteiger partial charge in [-0.3, -0.25) is 4.79 Å². The normalized spacial score (nSPS) is 19.4. The minimum absolute atomic E-state index is 0.0837. The second-order valence-electron chi connectivity index (χ2n) is 8.27. The van der Waals surface area contributed by atoms with Gasteiger partial charge in [-0.1, -0.05) is 62.4 Å². The van der Waals surface area contributed by atoms with E-state index in [2.05, 4.69) is 10.6 Å². The van der Waals surface area contributed by atoms with Crippen molar-refractivity contribution in [3.05, 3.63) is 35.9 Å². The van der Waals surface area contributed by atoms with Gasteiger partial charge in [-0.05, 0) is 37.2 Å². The molecule has 3 amide bonds. The number of carbonyl (C=O) groups excluding carboxylic acids is 2. The molecule has 2 N–H and O–H groups in total. The highest BCUT2D eigenvalue weighted by atomic mass is 16.2. The van der Waals surface area contributed by atoms with Crippen LogP contribution in [0.2, 0.25) is 0 Å². The van der Waals surface area contributed by atoms with Gasteiger partial charge in [0.05, 0.1) is 0 Å². The molecule has 1 aromatic rings. The third-order valence-electron chi connectivity index (χ3n) is 6.12. The van der Waals surface area contributed by atoms with E-state index in [9.17, 15) is 9.59 Å². The van der Waals surface area contributed by atoms with Crippen molar-refractivity contribution >= 4 is 11.9 Å². The molecule has 0 spiro atoms. The van der Waals surface area contributed by atoms with E-state index in [0.29, 0.717) is 12.5 Å². The first-order chi connectivity index (χ1) is 13.1. The minimum Gasteiger partial charge on any atom is -0.343 e. The zero-order valence-corrected chi connectivity index (χ0v) is 16.5. The van der Waals surface area contributed by atoms with Crippen LogP contribution in [0.25, 0.3) is 0 Å². The summed E-state index contributed by atoms with van der Waals surface area (Å²) in [6.07, 6.45) is 9.76. The minimum atomic E-state index is -0.732. The van der Waals surface area contributed by atoms with Crippen LogP contribution in [-0.4, -0.2) is 36.0 Å². The predicted octanol–water partition coefficient (Wildman–Crippen LogP) is 3.84. The lowest BCUT2D eigenvalue weighted by Crippen LogP contribution is -2.59. The maximum atomic E-state index is 13.2. The van der Waals surface area contributed by atoms with E-state index in [1.54, 1.807) is 0 Å². The molecule has 0 saturated heterocycles. The molecule has 2 saturated carbocycles. The summed E-state index contributed by atoms with van der Waals surface area (Å²) in [6, 6.07) is 9.58. The number of urea groups is 1. The van der Waals surface area contributed by atoms with Crippen LogP contribution < -0.4 is 10.6 Å². The van der Waals surface area contributed by atoms with Gasteiger partial charge >= 0.3 is 6.03 Å². The van der Waals surface area contributed by atoms with Crippen molar-refractivity contribution in [1.82, 2.24) is 15.5 Å². The number of hydrogen-bond acceptors (Lipinski definition) is 2. The van der Waals surface area contributed by atoms with Gasteiger partial charge < -0.3 is 15.5 Å². The number of hydrogen-bond donors (Lipinski definition) is 2. The number of likely N-dealkylation sites (N-methyl/N-ethyl adjacent to an activating group) is 1. The molecule has 2 fully saturated rings. The van der Waals surface area contributed by atoms with Gasteiger partial charge in [-0.25, -0.2) is 4.79 Å². The molecule has 1 aromatic carbocycles. The maximum absolute atomic E-state index is 13.2. The van der Waals surface area contributed by atoms with Gasteiger partial charge in [0.2, 0.25) is 5.91 Å². The highest BCUT2D eigenvalue weighted by molar-refractivity contribution is 5.91. The average Bonchev–Trinajstić information content (AvgIpc) is 3.17. The molecule has 27 heavy (non-hydrogen) atoms. The molecule has 5 nitrogen and oxygen atoms in total. The van der Waals surface area contributed by atoms with E-state index < -0.39 is 5.54 Å². The van der Waals surface area contributed by atoms with Crippen LogP contribution in [0.3, 0.4) is 0 Å². The monoisotopic (exact) mass is 371 g/mol. The second-order valence-corrected chi connectivity index (χ2v) is 8.27. The Morgan fingerprint density at radius 1 is 1.04 bits per heavy atom. The first-order valence-corrected chi connectivity index (χ1v) is 10.4. The molecule has 2 aliphatic rings. The lowest BCUT2D eigenvalue weighted by atomic mass is 9.88. The quantitative estimate of drug-likeness (QED) is 0.798. The predicted molar refractivity (Wildman–Crippen MR) is 107 cm³/mol. The Bertz CT molecular complexity index is 620. The van der Waals surface area contributed by atoms with Crippen LogP contribution in [0.15, 0.2) is 30.3 Å². The molecule has 0 aliphatic heterocycles. The summed E-state index contributed by atoms with van der Waals surface area (Å²) in [4.78, 5) is 27.6. The number of rotatable bonds is 6. The Morgan fingerprint density at radius 3 is 2.37 bits per heavy atom. The molecule has 148 valence electrons. The third kappa shape index (κ3) is 5.24. The van der Waals surface area contributed by atoms with Crippen molar-refractivity contribution in [3.8, 4) is 0 Å². The van der Waals surface area contributed by atoms with Crippen LogP contribution in [0.4, 0.5) is 4.79 Å². The van der Waals surface area contributed by atoms with Crippen LogP contribution in [0, 0.1) is 5.92 Å². The summed E-state index contributed by atoms with van der Waals surface area (Å²) >= 11 is 0. The molecule has 5 heteroatoms. The molecular weight excluding hydrogens is 338 g/mol. The number of benzene rings is 1. The molecule has 0 atom stereocenters. The molecule has 0 heterocycles. The topological polar surface area (TPSA) is 61.4 Å². The zero-order chi connectivity index (χ0) is 19.1. The van der Waals surface area contributed by atoms with E-state index in [0.717, 1.165) is 37.8 Å². The molecule has 0 bridgehead atoms. The van der Waals surface area contributed by atoms with Crippen LogP contribution >= 0.6 is 0 Å². The van der Waals surface area contributed by atoms with Crippen molar-refractivity contribution in [2.45, 2.75) is 69.9 Å². The van der Waals surface area contributed by atoms with Crippen LogP contribution in [-0.2, 0) is 11.3 Å². The van der Waals surface area contributed by atoms with Crippen LogP contribution in [0.1, 0.15) is 63.4 Å². The van der Waals surface area contributed by atoms with E-state index in [-0.39, 0.29) is 11.9 Å². The summed E-state index contributed by atoms with van der Waals surface area (Å²) in [6.45, 7) is 1.28. The Hall–Kier alpha value is -2.04. The fourth-order valence-corrected chi connectivity index (χ4v) is 4.62. The van der Waals surface area contributed by atoms with E-state index >= 15 is 0 Å². The van der Waals surface area contributed by atoms with Crippen molar-refractivity contribution in [2.75, 3.05) is 13.6 Å². The highest BCUT2D eigenvalue weighted by Crippen LogP contribution is 2.32. The van der Waals surface area contributed by atoms with Gasteiger partial charge in [-0.15, -0.1) is 0 Å². The van der Waals surface area contributed by atoms with Crippen LogP contribution in [0.5, 0.6) is 0 Å². The Kier molecular flexibility index (Phi) is 6.75. The second kappa shape index (κ2) is 9.25. The summed E-state index contributed by atoms with van der Waals surface area (Å²) in [5.41, 5.74) is 0.318. The van der Waals surface area contributed by atoms with E-state index in [1.807, 2.05) is 42.3 Å². The summed E-state index contributed by atoms with van der Waals surface area (Å²) in [7, 11) is 1.90. The van der Waals surface area contributed by atoms with Crippen molar-refractivity contribution in [3.63, 3.8) is 0 Å². The zero-order valence-electron chi connectivity index (χ0n) is 16.5. The molecule has 0 radical (unpaired) electrons. The van der Waals surface area contributed by atoms with Gasteiger partial charge in [0.15, 0.2) is 0 Å². The van der Waals surface area contributed by atoms with Gasteiger partial charge in [0.25, 0.3) is 0 Å². The van der Waals surface area contributed by atoms with E-state index in [1.165, 1.54) is 32.1 Å². The van der Waals surface area contributed by atoms with Gasteiger partial charge in [-0.2, -0.15) is 0 Å². The third-order valence-corrected chi connectivity index (χ3v) is 6.12. The first kappa shape index (κ1) is 19.7. The largest absolute Gasteiger partial charge is 0.343 e. The summed E-state index contributed by atoms with van der Waals surface area (Å²) in [5.74, 6) is 0.693. The first-order valence-electron chi connectivity index (χ1n) is 10.4. The standard InChI is InChI=1S/C22H33N3O2/c1-25(17-19-12-6-3-7-13-19)20(26)22(14-8-9-15-22)24-21(27)23-16-18-10-4-2-5-11-18/h2,4-5,10-11,19H,3,6-9,12-17H2,1H3,(H2,23,24,27). The lowest BCUT2D eigenvalue weighted by Gasteiger charge is -2.35. The molecule has 2 aliphatic carbocycles.